The van der Waals surface area contributed by atoms with Crippen molar-refractivity contribution in [1.29, 1.82) is 0 Å². The Kier molecular flexibility index (Phi) is 6.54. The fraction of sp³-hybridized carbons (Fsp3) is 0.381. The van der Waals surface area contributed by atoms with Gasteiger partial charge in [-0.15, -0.1) is 0 Å². The standard InChI is InChI=1S/C21H24N2O6/c1-15(2)29-17-7-5-16(6-8-17)21(26)28-14-19(24)22-9-11-23(12-10-22)20(25)18-4-3-13-27-18/h3-8,13,15H,9-12,14H2,1-2H3. The van der Waals surface area contributed by atoms with Gasteiger partial charge in [0.05, 0.1) is 17.9 Å². The van der Waals surface area contributed by atoms with E-state index in [1.807, 2.05) is 13.8 Å². The molecule has 8 nitrogen and oxygen atoms in total. The van der Waals surface area contributed by atoms with Gasteiger partial charge in [-0.2, -0.15) is 0 Å². The van der Waals surface area contributed by atoms with E-state index in [4.69, 9.17) is 13.9 Å². The Morgan fingerprint density at radius 2 is 1.66 bits per heavy atom. The monoisotopic (exact) mass is 400 g/mol. The van der Waals surface area contributed by atoms with Crippen molar-refractivity contribution >= 4 is 17.8 Å². The molecule has 0 atom stereocenters. The first-order chi connectivity index (χ1) is 13.9. The average Bonchev–Trinajstić information content (AvgIpc) is 3.26. The van der Waals surface area contributed by atoms with Crippen molar-refractivity contribution in [2.75, 3.05) is 32.8 Å². The number of nitrogens with zero attached hydrogens (tertiary/aromatic N) is 2. The van der Waals surface area contributed by atoms with Crippen LogP contribution in [0, 0.1) is 0 Å². The largest absolute Gasteiger partial charge is 0.491 e. The number of esters is 1. The van der Waals surface area contributed by atoms with E-state index in [1.165, 1.54) is 6.26 Å². The summed E-state index contributed by atoms with van der Waals surface area (Å²) < 4.78 is 15.8. The van der Waals surface area contributed by atoms with E-state index in [-0.39, 0.29) is 30.3 Å². The number of carbonyl (C=O) groups is 3. The second-order valence-electron chi connectivity index (χ2n) is 6.92. The van der Waals surface area contributed by atoms with Gasteiger partial charge in [0.1, 0.15) is 5.75 Å². The van der Waals surface area contributed by atoms with Gasteiger partial charge in [0.2, 0.25) is 0 Å². The predicted octanol–water partition coefficient (Wildman–Crippen LogP) is 2.21. The second kappa shape index (κ2) is 9.27. The van der Waals surface area contributed by atoms with Gasteiger partial charge in [-0.1, -0.05) is 0 Å². The highest BCUT2D eigenvalue weighted by atomic mass is 16.5. The average molecular weight is 400 g/mol. The fourth-order valence-corrected chi connectivity index (χ4v) is 2.96. The van der Waals surface area contributed by atoms with Gasteiger partial charge in [-0.3, -0.25) is 9.59 Å². The van der Waals surface area contributed by atoms with Crippen molar-refractivity contribution in [3.63, 3.8) is 0 Å². The SMILES string of the molecule is CC(C)Oc1ccc(C(=O)OCC(=O)N2CCN(C(=O)c3ccco3)CC2)cc1. The summed E-state index contributed by atoms with van der Waals surface area (Å²) in [6.07, 6.45) is 1.49. The minimum atomic E-state index is -0.568. The Bertz CT molecular complexity index is 837. The molecule has 0 saturated carbocycles. The molecule has 154 valence electrons. The maximum absolute atomic E-state index is 12.3. The van der Waals surface area contributed by atoms with Gasteiger partial charge >= 0.3 is 5.97 Å². The molecule has 2 heterocycles. The first kappa shape index (κ1) is 20.4. The third-order valence-corrected chi connectivity index (χ3v) is 4.44. The highest BCUT2D eigenvalue weighted by Crippen LogP contribution is 2.15. The molecule has 1 aliphatic rings. The molecule has 0 radical (unpaired) electrons. The minimum Gasteiger partial charge on any atom is -0.491 e. The van der Waals surface area contributed by atoms with Crippen LogP contribution in [0.5, 0.6) is 5.75 Å². The molecule has 0 spiro atoms. The summed E-state index contributed by atoms with van der Waals surface area (Å²) in [4.78, 5) is 39.9. The predicted molar refractivity (Wildman–Crippen MR) is 104 cm³/mol. The van der Waals surface area contributed by atoms with Crippen molar-refractivity contribution in [1.82, 2.24) is 9.80 Å². The Hall–Kier alpha value is -3.29. The lowest BCUT2D eigenvalue weighted by Crippen LogP contribution is -2.51. The summed E-state index contributed by atoms with van der Waals surface area (Å²) in [5.41, 5.74) is 0.350. The van der Waals surface area contributed by atoms with Gasteiger partial charge in [0.25, 0.3) is 11.8 Å². The third kappa shape index (κ3) is 5.37. The molecule has 1 aromatic carbocycles. The first-order valence-electron chi connectivity index (χ1n) is 9.48. The van der Waals surface area contributed by atoms with Crippen molar-refractivity contribution in [3.8, 4) is 5.75 Å². The normalized spacial score (nSPS) is 14.0. The van der Waals surface area contributed by atoms with Crippen LogP contribution in [0.15, 0.2) is 47.1 Å². The molecule has 1 fully saturated rings. The van der Waals surface area contributed by atoms with Crippen LogP contribution in [-0.2, 0) is 9.53 Å². The lowest BCUT2D eigenvalue weighted by molar-refractivity contribution is -0.136. The van der Waals surface area contributed by atoms with Crippen LogP contribution in [0.4, 0.5) is 0 Å². The zero-order valence-corrected chi connectivity index (χ0v) is 16.5. The summed E-state index contributed by atoms with van der Waals surface area (Å²) in [5.74, 6) is -0.110. The van der Waals surface area contributed by atoms with Gasteiger partial charge in [0.15, 0.2) is 12.4 Å². The molecule has 0 N–H and O–H groups in total. The summed E-state index contributed by atoms with van der Waals surface area (Å²) in [6.45, 7) is 5.05. The van der Waals surface area contributed by atoms with Crippen molar-refractivity contribution in [2.24, 2.45) is 0 Å². The molecule has 1 saturated heterocycles. The maximum atomic E-state index is 12.3. The number of furan rings is 1. The Morgan fingerprint density at radius 3 is 2.24 bits per heavy atom. The molecule has 2 amide bonds. The summed E-state index contributed by atoms with van der Waals surface area (Å²) in [5, 5.41) is 0. The van der Waals surface area contributed by atoms with E-state index < -0.39 is 5.97 Å². The highest BCUT2D eigenvalue weighted by molar-refractivity contribution is 5.92. The third-order valence-electron chi connectivity index (χ3n) is 4.44. The highest BCUT2D eigenvalue weighted by Gasteiger charge is 2.26. The van der Waals surface area contributed by atoms with Gasteiger partial charge in [0, 0.05) is 26.2 Å². The Labute approximate surface area is 169 Å². The molecule has 29 heavy (non-hydrogen) atoms. The number of carbonyl (C=O) groups excluding carboxylic acids is 3. The van der Waals surface area contributed by atoms with E-state index in [0.717, 1.165) is 0 Å². The second-order valence-corrected chi connectivity index (χ2v) is 6.92. The number of ether oxygens (including phenoxy) is 2. The van der Waals surface area contributed by atoms with Gasteiger partial charge in [-0.25, -0.2) is 4.79 Å². The molecule has 3 rings (SSSR count). The number of benzene rings is 1. The van der Waals surface area contributed by atoms with E-state index >= 15 is 0 Å². The van der Waals surface area contributed by atoms with Gasteiger partial charge < -0.3 is 23.7 Å². The molecule has 1 aromatic heterocycles. The Morgan fingerprint density at radius 1 is 1.00 bits per heavy atom. The molecule has 8 heteroatoms. The van der Waals surface area contributed by atoms with Gasteiger partial charge in [-0.05, 0) is 50.2 Å². The molecular formula is C21H24N2O6. The van der Waals surface area contributed by atoms with Crippen LogP contribution in [0.25, 0.3) is 0 Å². The number of amides is 2. The lowest BCUT2D eigenvalue weighted by atomic mass is 10.2. The topological polar surface area (TPSA) is 89.3 Å². The van der Waals surface area contributed by atoms with E-state index in [0.29, 0.717) is 37.5 Å². The van der Waals surface area contributed by atoms with Crippen molar-refractivity contribution in [3.05, 3.63) is 54.0 Å². The number of hydrogen-bond donors (Lipinski definition) is 0. The molecule has 0 bridgehead atoms. The number of rotatable bonds is 6. The van der Waals surface area contributed by atoms with Crippen LogP contribution < -0.4 is 4.74 Å². The molecule has 2 aromatic rings. The lowest BCUT2D eigenvalue weighted by Gasteiger charge is -2.34. The number of piperazine rings is 1. The van der Waals surface area contributed by atoms with Crippen LogP contribution in [0.3, 0.4) is 0 Å². The van der Waals surface area contributed by atoms with Crippen LogP contribution in [0.2, 0.25) is 0 Å². The zero-order chi connectivity index (χ0) is 20.8. The Balaban J connectivity index is 1.44. The first-order valence-corrected chi connectivity index (χ1v) is 9.48. The molecule has 0 unspecified atom stereocenters. The summed E-state index contributed by atoms with van der Waals surface area (Å²) in [6, 6.07) is 9.85. The maximum Gasteiger partial charge on any atom is 0.338 e. The zero-order valence-electron chi connectivity index (χ0n) is 16.5. The molecule has 1 aliphatic heterocycles. The van der Waals surface area contributed by atoms with E-state index in [1.54, 1.807) is 46.2 Å². The van der Waals surface area contributed by atoms with Crippen molar-refractivity contribution < 1.29 is 28.3 Å². The van der Waals surface area contributed by atoms with E-state index in [9.17, 15) is 14.4 Å². The fourth-order valence-electron chi connectivity index (χ4n) is 2.96. The summed E-state index contributed by atoms with van der Waals surface area (Å²) in [7, 11) is 0. The molecular weight excluding hydrogens is 376 g/mol. The minimum absolute atomic E-state index is 0.0419. The van der Waals surface area contributed by atoms with Crippen molar-refractivity contribution in [2.45, 2.75) is 20.0 Å². The molecule has 0 aliphatic carbocycles. The summed E-state index contributed by atoms with van der Waals surface area (Å²) >= 11 is 0. The smallest absolute Gasteiger partial charge is 0.338 e. The number of hydrogen-bond acceptors (Lipinski definition) is 6. The van der Waals surface area contributed by atoms with Crippen LogP contribution >= 0.6 is 0 Å². The van der Waals surface area contributed by atoms with Crippen LogP contribution in [-0.4, -0.2) is 66.5 Å². The van der Waals surface area contributed by atoms with E-state index in [2.05, 4.69) is 0 Å². The quantitative estimate of drug-likeness (QED) is 0.691. The van der Waals surface area contributed by atoms with Crippen LogP contribution in [0.1, 0.15) is 34.8 Å².